The summed E-state index contributed by atoms with van der Waals surface area (Å²) in [4.78, 5) is 15.9. The molecule has 0 saturated carbocycles. The van der Waals surface area contributed by atoms with Gasteiger partial charge in [-0.15, -0.1) is 0 Å². The molecule has 19 heavy (non-hydrogen) atoms. The van der Waals surface area contributed by atoms with E-state index < -0.39 is 0 Å². The number of rotatable bonds is 4. The smallest absolute Gasteiger partial charge is 0.236 e. The van der Waals surface area contributed by atoms with Gasteiger partial charge in [0.05, 0.1) is 12.6 Å². The van der Waals surface area contributed by atoms with Crippen LogP contribution in [0.15, 0.2) is 30.3 Å². The van der Waals surface area contributed by atoms with Gasteiger partial charge in [0.25, 0.3) is 0 Å². The summed E-state index contributed by atoms with van der Waals surface area (Å²) in [7, 11) is 1.83. The normalized spacial score (nSPS) is 20.2. The Hall–Kier alpha value is -1.39. The summed E-state index contributed by atoms with van der Waals surface area (Å²) in [6, 6.07) is 9.98. The molecular weight excluding hydrogens is 240 g/mol. The topological polar surface area (TPSA) is 43.8 Å². The highest BCUT2D eigenvalue weighted by Crippen LogP contribution is 2.10. The number of amides is 1. The largest absolute Gasteiger partial charge is 0.392 e. The summed E-state index contributed by atoms with van der Waals surface area (Å²) in [6.45, 7) is 2.56. The summed E-state index contributed by atoms with van der Waals surface area (Å²) >= 11 is 0. The molecule has 1 aromatic carbocycles. The van der Waals surface area contributed by atoms with E-state index in [1.165, 1.54) is 0 Å². The Morgan fingerprint density at radius 1 is 1.42 bits per heavy atom. The molecule has 0 radical (unpaired) electrons. The van der Waals surface area contributed by atoms with Crippen LogP contribution in [0.4, 0.5) is 0 Å². The molecule has 1 fully saturated rings. The van der Waals surface area contributed by atoms with E-state index in [-0.39, 0.29) is 12.0 Å². The molecule has 1 saturated heterocycles. The summed E-state index contributed by atoms with van der Waals surface area (Å²) in [5, 5.41) is 9.60. The molecule has 0 aliphatic carbocycles. The number of benzene rings is 1. The van der Waals surface area contributed by atoms with E-state index in [2.05, 4.69) is 0 Å². The highest BCUT2D eigenvalue weighted by molar-refractivity contribution is 5.78. The lowest BCUT2D eigenvalue weighted by atomic mass is 10.1. The third kappa shape index (κ3) is 4.33. The molecule has 1 aromatic rings. The molecule has 0 unspecified atom stereocenters. The van der Waals surface area contributed by atoms with Gasteiger partial charge in [0.15, 0.2) is 0 Å². The van der Waals surface area contributed by atoms with E-state index in [4.69, 9.17) is 0 Å². The number of carbonyl (C=O) groups is 1. The predicted octanol–water partition coefficient (Wildman–Crippen LogP) is 1.10. The van der Waals surface area contributed by atoms with Gasteiger partial charge in [0.2, 0.25) is 5.91 Å². The van der Waals surface area contributed by atoms with Gasteiger partial charge in [-0.2, -0.15) is 0 Å². The van der Waals surface area contributed by atoms with Gasteiger partial charge in [-0.05, 0) is 24.9 Å². The van der Waals surface area contributed by atoms with E-state index in [0.29, 0.717) is 19.6 Å². The van der Waals surface area contributed by atoms with Crippen molar-refractivity contribution in [1.29, 1.82) is 0 Å². The van der Waals surface area contributed by atoms with Crippen LogP contribution in [0.1, 0.15) is 18.4 Å². The van der Waals surface area contributed by atoms with Crippen LogP contribution in [0, 0.1) is 0 Å². The predicted molar refractivity (Wildman–Crippen MR) is 74.6 cm³/mol. The SMILES string of the molecule is CN(Cc1ccccc1)C(=O)CN1CCC[C@H](O)C1. The first-order chi connectivity index (χ1) is 9.15. The molecule has 1 heterocycles. The maximum absolute atomic E-state index is 12.1. The summed E-state index contributed by atoms with van der Waals surface area (Å²) in [5.41, 5.74) is 1.14. The van der Waals surface area contributed by atoms with Gasteiger partial charge >= 0.3 is 0 Å². The molecule has 0 spiro atoms. The van der Waals surface area contributed by atoms with Crippen molar-refractivity contribution < 1.29 is 9.90 Å². The van der Waals surface area contributed by atoms with Crippen molar-refractivity contribution in [3.05, 3.63) is 35.9 Å². The van der Waals surface area contributed by atoms with Crippen molar-refractivity contribution in [1.82, 2.24) is 9.80 Å². The molecule has 0 aromatic heterocycles. The van der Waals surface area contributed by atoms with Crippen molar-refractivity contribution in [2.45, 2.75) is 25.5 Å². The molecule has 1 atom stereocenters. The Bertz CT molecular complexity index is 408. The zero-order chi connectivity index (χ0) is 13.7. The Labute approximate surface area is 114 Å². The van der Waals surface area contributed by atoms with Gasteiger partial charge in [-0.3, -0.25) is 9.69 Å². The number of hydrogen-bond donors (Lipinski definition) is 1. The van der Waals surface area contributed by atoms with Crippen LogP contribution in [-0.2, 0) is 11.3 Å². The molecule has 4 nitrogen and oxygen atoms in total. The first-order valence-electron chi connectivity index (χ1n) is 6.83. The zero-order valence-corrected chi connectivity index (χ0v) is 11.5. The van der Waals surface area contributed by atoms with Gasteiger partial charge in [0, 0.05) is 20.1 Å². The third-order valence-corrected chi connectivity index (χ3v) is 3.53. The lowest BCUT2D eigenvalue weighted by Gasteiger charge is -2.30. The van der Waals surface area contributed by atoms with E-state index in [9.17, 15) is 9.90 Å². The molecule has 0 bridgehead atoms. The Balaban J connectivity index is 1.82. The Morgan fingerprint density at radius 3 is 2.84 bits per heavy atom. The first-order valence-corrected chi connectivity index (χ1v) is 6.83. The number of hydrogen-bond acceptors (Lipinski definition) is 3. The highest BCUT2D eigenvalue weighted by Gasteiger charge is 2.21. The standard InChI is InChI=1S/C15H22N2O2/c1-16(10-13-6-3-2-4-7-13)15(19)12-17-9-5-8-14(18)11-17/h2-4,6-7,14,18H,5,8-12H2,1H3/t14-/m0/s1. The van der Waals surface area contributed by atoms with Crippen molar-refractivity contribution >= 4 is 5.91 Å². The van der Waals surface area contributed by atoms with E-state index in [1.807, 2.05) is 42.3 Å². The fourth-order valence-corrected chi connectivity index (χ4v) is 2.43. The molecule has 104 valence electrons. The number of likely N-dealkylation sites (tertiary alicyclic amines) is 1. The van der Waals surface area contributed by atoms with Gasteiger partial charge in [-0.25, -0.2) is 0 Å². The van der Waals surface area contributed by atoms with E-state index in [0.717, 1.165) is 24.9 Å². The molecular formula is C15H22N2O2. The number of piperidine rings is 1. The minimum Gasteiger partial charge on any atom is -0.392 e. The Morgan fingerprint density at radius 2 is 2.16 bits per heavy atom. The average Bonchev–Trinajstić information content (AvgIpc) is 2.40. The minimum absolute atomic E-state index is 0.109. The quantitative estimate of drug-likeness (QED) is 0.884. The van der Waals surface area contributed by atoms with Crippen molar-refractivity contribution in [2.24, 2.45) is 0 Å². The second-order valence-corrected chi connectivity index (χ2v) is 5.27. The van der Waals surface area contributed by atoms with E-state index in [1.54, 1.807) is 4.90 Å². The maximum Gasteiger partial charge on any atom is 0.236 e. The van der Waals surface area contributed by atoms with Gasteiger partial charge < -0.3 is 10.0 Å². The second-order valence-electron chi connectivity index (χ2n) is 5.27. The number of aliphatic hydroxyl groups excluding tert-OH is 1. The van der Waals surface area contributed by atoms with Crippen molar-refractivity contribution in [3.8, 4) is 0 Å². The monoisotopic (exact) mass is 262 g/mol. The lowest BCUT2D eigenvalue weighted by molar-refractivity contribution is -0.132. The van der Waals surface area contributed by atoms with Crippen LogP contribution in [0.3, 0.4) is 0 Å². The molecule has 4 heteroatoms. The number of aliphatic hydroxyl groups is 1. The fourth-order valence-electron chi connectivity index (χ4n) is 2.43. The van der Waals surface area contributed by atoms with Crippen LogP contribution in [0.25, 0.3) is 0 Å². The van der Waals surface area contributed by atoms with E-state index >= 15 is 0 Å². The van der Waals surface area contributed by atoms with Crippen LogP contribution in [-0.4, -0.2) is 53.6 Å². The molecule has 1 aliphatic rings. The fraction of sp³-hybridized carbons (Fsp3) is 0.533. The van der Waals surface area contributed by atoms with Crippen LogP contribution < -0.4 is 0 Å². The molecule has 1 aliphatic heterocycles. The second kappa shape index (κ2) is 6.68. The van der Waals surface area contributed by atoms with Crippen LogP contribution >= 0.6 is 0 Å². The van der Waals surface area contributed by atoms with Crippen molar-refractivity contribution in [2.75, 3.05) is 26.7 Å². The lowest BCUT2D eigenvalue weighted by Crippen LogP contribution is -2.44. The molecule has 1 N–H and O–H groups in total. The number of likely N-dealkylation sites (N-methyl/N-ethyl adjacent to an activating group) is 1. The van der Waals surface area contributed by atoms with Crippen molar-refractivity contribution in [3.63, 3.8) is 0 Å². The first kappa shape index (κ1) is 14.0. The van der Waals surface area contributed by atoms with Gasteiger partial charge in [-0.1, -0.05) is 30.3 Å². The molecule has 1 amide bonds. The van der Waals surface area contributed by atoms with Gasteiger partial charge in [0.1, 0.15) is 0 Å². The van der Waals surface area contributed by atoms with Crippen LogP contribution in [0.5, 0.6) is 0 Å². The minimum atomic E-state index is -0.277. The number of nitrogens with zero attached hydrogens (tertiary/aromatic N) is 2. The number of β-amino-alcohol motifs (C(OH)–C–C–N with tert-alkyl or cyclic N) is 1. The summed E-state index contributed by atoms with van der Waals surface area (Å²) in [6.07, 6.45) is 1.54. The summed E-state index contributed by atoms with van der Waals surface area (Å²) in [5.74, 6) is 0.109. The number of carbonyl (C=O) groups excluding carboxylic acids is 1. The van der Waals surface area contributed by atoms with Crippen LogP contribution in [0.2, 0.25) is 0 Å². The average molecular weight is 262 g/mol. The third-order valence-electron chi connectivity index (χ3n) is 3.53. The highest BCUT2D eigenvalue weighted by atomic mass is 16.3. The summed E-state index contributed by atoms with van der Waals surface area (Å²) < 4.78 is 0. The zero-order valence-electron chi connectivity index (χ0n) is 11.5. The molecule has 2 rings (SSSR count). The Kier molecular flexibility index (Phi) is 4.93. The maximum atomic E-state index is 12.1.